The number of ether oxygens (including phenoxy) is 1. The molecule has 5 heteroatoms. The van der Waals surface area contributed by atoms with Crippen molar-refractivity contribution in [3.8, 4) is 11.6 Å². The molecule has 0 amide bonds. The molecule has 2 heterocycles. The molecule has 0 radical (unpaired) electrons. The van der Waals surface area contributed by atoms with Crippen molar-refractivity contribution in [2.75, 3.05) is 0 Å². The summed E-state index contributed by atoms with van der Waals surface area (Å²) in [6, 6.07) is 4.68. The Labute approximate surface area is 120 Å². The lowest BCUT2D eigenvalue weighted by molar-refractivity contribution is 0.447. The molecule has 0 spiro atoms. The third kappa shape index (κ3) is 3.81. The van der Waals surface area contributed by atoms with Crippen LogP contribution in [-0.2, 0) is 6.54 Å². The molecule has 2 rings (SSSR count). The number of pyridine rings is 1. The van der Waals surface area contributed by atoms with Crippen LogP contribution in [0.4, 0.5) is 0 Å². The summed E-state index contributed by atoms with van der Waals surface area (Å²) in [5, 5.41) is 7.63. The van der Waals surface area contributed by atoms with Crippen molar-refractivity contribution in [3.05, 3.63) is 36.3 Å². The van der Waals surface area contributed by atoms with Crippen LogP contribution >= 0.6 is 0 Å². The highest BCUT2D eigenvalue weighted by Crippen LogP contribution is 2.23. The Kier molecular flexibility index (Phi) is 4.74. The SMILES string of the molecule is CC(C)NCc1cccnc1Oc1cnn(C(C)C)c1. The predicted molar refractivity (Wildman–Crippen MR) is 78.9 cm³/mol. The average molecular weight is 274 g/mol. The van der Waals surface area contributed by atoms with Crippen LogP contribution in [0.1, 0.15) is 39.3 Å². The maximum atomic E-state index is 5.84. The van der Waals surface area contributed by atoms with Gasteiger partial charge in [-0.15, -0.1) is 0 Å². The highest BCUT2D eigenvalue weighted by molar-refractivity contribution is 5.30. The number of aromatic nitrogens is 3. The standard InChI is InChI=1S/C15H22N4O/c1-11(2)17-8-13-6-5-7-16-15(13)20-14-9-18-19(10-14)12(3)4/h5-7,9-12,17H,8H2,1-4H3. The molecule has 2 aromatic heterocycles. The van der Waals surface area contributed by atoms with Crippen molar-refractivity contribution in [1.82, 2.24) is 20.1 Å². The summed E-state index contributed by atoms with van der Waals surface area (Å²) < 4.78 is 7.70. The Morgan fingerprint density at radius 1 is 1.30 bits per heavy atom. The Hall–Kier alpha value is -1.88. The van der Waals surface area contributed by atoms with E-state index < -0.39 is 0 Å². The fourth-order valence-electron chi connectivity index (χ4n) is 1.73. The van der Waals surface area contributed by atoms with Gasteiger partial charge in [0.05, 0.1) is 12.4 Å². The first-order valence-corrected chi connectivity index (χ1v) is 6.95. The molecule has 0 aliphatic heterocycles. The number of nitrogens with zero attached hydrogens (tertiary/aromatic N) is 3. The van der Waals surface area contributed by atoms with Crippen LogP contribution in [0.3, 0.4) is 0 Å². The molecule has 108 valence electrons. The van der Waals surface area contributed by atoms with E-state index in [0.717, 1.165) is 12.1 Å². The molecular weight excluding hydrogens is 252 g/mol. The second-order valence-electron chi connectivity index (χ2n) is 5.36. The maximum Gasteiger partial charge on any atom is 0.223 e. The predicted octanol–water partition coefficient (Wildman–Crippen LogP) is 3.15. The summed E-state index contributed by atoms with van der Waals surface area (Å²) in [4.78, 5) is 4.31. The zero-order valence-corrected chi connectivity index (χ0v) is 12.5. The molecule has 1 N–H and O–H groups in total. The van der Waals surface area contributed by atoms with Crippen molar-refractivity contribution in [2.24, 2.45) is 0 Å². The lowest BCUT2D eigenvalue weighted by atomic mass is 10.2. The van der Waals surface area contributed by atoms with Gasteiger partial charge in [0.15, 0.2) is 5.75 Å². The van der Waals surface area contributed by atoms with Crippen molar-refractivity contribution < 1.29 is 4.74 Å². The normalized spacial score (nSPS) is 11.3. The van der Waals surface area contributed by atoms with E-state index in [1.165, 1.54) is 0 Å². The van der Waals surface area contributed by atoms with E-state index in [4.69, 9.17) is 4.74 Å². The van der Waals surface area contributed by atoms with Gasteiger partial charge in [-0.3, -0.25) is 4.68 Å². The number of rotatable bonds is 6. The van der Waals surface area contributed by atoms with Crippen LogP contribution in [-0.4, -0.2) is 20.8 Å². The van der Waals surface area contributed by atoms with E-state index in [-0.39, 0.29) is 0 Å². The summed E-state index contributed by atoms with van der Waals surface area (Å²) in [6.45, 7) is 9.12. The molecule has 0 atom stereocenters. The van der Waals surface area contributed by atoms with Gasteiger partial charge in [-0.2, -0.15) is 5.10 Å². The van der Waals surface area contributed by atoms with Gasteiger partial charge in [-0.05, 0) is 19.9 Å². The Balaban J connectivity index is 2.11. The first-order valence-electron chi connectivity index (χ1n) is 6.95. The number of nitrogens with one attached hydrogen (secondary N) is 1. The topological polar surface area (TPSA) is 52.0 Å². The minimum Gasteiger partial charge on any atom is -0.435 e. The van der Waals surface area contributed by atoms with Gasteiger partial charge in [0.25, 0.3) is 0 Å². The summed E-state index contributed by atoms with van der Waals surface area (Å²) in [5.74, 6) is 1.34. The van der Waals surface area contributed by atoms with Gasteiger partial charge < -0.3 is 10.1 Å². The second kappa shape index (κ2) is 6.52. The first-order chi connectivity index (χ1) is 9.56. The molecule has 0 aliphatic rings. The maximum absolute atomic E-state index is 5.84. The summed E-state index contributed by atoms with van der Waals surface area (Å²) in [5.41, 5.74) is 1.04. The molecule has 2 aromatic rings. The van der Waals surface area contributed by atoms with Crippen LogP contribution in [0.25, 0.3) is 0 Å². The molecule has 0 unspecified atom stereocenters. The molecular formula is C15H22N4O. The lowest BCUT2D eigenvalue weighted by Gasteiger charge is -2.11. The molecule has 0 fully saturated rings. The van der Waals surface area contributed by atoms with Gasteiger partial charge >= 0.3 is 0 Å². The summed E-state index contributed by atoms with van der Waals surface area (Å²) in [6.07, 6.45) is 5.34. The van der Waals surface area contributed by atoms with Crippen LogP contribution in [0.15, 0.2) is 30.7 Å². The quantitative estimate of drug-likeness (QED) is 0.879. The van der Waals surface area contributed by atoms with Gasteiger partial charge in [0.1, 0.15) is 0 Å². The zero-order valence-electron chi connectivity index (χ0n) is 12.5. The van der Waals surface area contributed by atoms with Crippen molar-refractivity contribution in [3.63, 3.8) is 0 Å². The number of hydrogen-bond donors (Lipinski definition) is 1. The van der Waals surface area contributed by atoms with Crippen LogP contribution in [0.5, 0.6) is 11.6 Å². The highest BCUT2D eigenvalue weighted by atomic mass is 16.5. The van der Waals surface area contributed by atoms with Crippen LogP contribution < -0.4 is 10.1 Å². The minimum absolute atomic E-state index is 0.318. The molecule has 0 saturated carbocycles. The lowest BCUT2D eigenvalue weighted by Crippen LogP contribution is -2.22. The largest absolute Gasteiger partial charge is 0.435 e. The third-order valence-electron chi connectivity index (χ3n) is 2.87. The average Bonchev–Trinajstić information content (AvgIpc) is 2.86. The van der Waals surface area contributed by atoms with Crippen molar-refractivity contribution >= 4 is 0 Å². The minimum atomic E-state index is 0.318. The van der Waals surface area contributed by atoms with E-state index in [1.54, 1.807) is 12.4 Å². The smallest absolute Gasteiger partial charge is 0.223 e. The van der Waals surface area contributed by atoms with E-state index in [9.17, 15) is 0 Å². The van der Waals surface area contributed by atoms with Gasteiger partial charge in [-0.1, -0.05) is 19.9 Å². The highest BCUT2D eigenvalue weighted by Gasteiger charge is 2.09. The third-order valence-corrected chi connectivity index (χ3v) is 2.87. The van der Waals surface area contributed by atoms with E-state index in [2.05, 4.69) is 43.1 Å². The summed E-state index contributed by atoms with van der Waals surface area (Å²) in [7, 11) is 0. The molecule has 0 saturated heterocycles. The van der Waals surface area contributed by atoms with Crippen LogP contribution in [0.2, 0.25) is 0 Å². The van der Waals surface area contributed by atoms with Crippen LogP contribution in [0, 0.1) is 0 Å². The van der Waals surface area contributed by atoms with E-state index >= 15 is 0 Å². The molecule has 0 aliphatic carbocycles. The molecule has 0 aromatic carbocycles. The van der Waals surface area contributed by atoms with Gasteiger partial charge in [-0.25, -0.2) is 4.98 Å². The fraction of sp³-hybridized carbons (Fsp3) is 0.467. The van der Waals surface area contributed by atoms with Gasteiger partial charge in [0.2, 0.25) is 5.88 Å². The second-order valence-corrected chi connectivity index (χ2v) is 5.36. The summed E-state index contributed by atoms with van der Waals surface area (Å²) >= 11 is 0. The Morgan fingerprint density at radius 2 is 2.10 bits per heavy atom. The first kappa shape index (κ1) is 14.5. The van der Waals surface area contributed by atoms with Crippen molar-refractivity contribution in [2.45, 2.75) is 46.3 Å². The molecule has 5 nitrogen and oxygen atoms in total. The monoisotopic (exact) mass is 274 g/mol. The van der Waals surface area contributed by atoms with E-state index in [0.29, 0.717) is 23.7 Å². The Bertz CT molecular complexity index is 548. The molecule has 20 heavy (non-hydrogen) atoms. The van der Waals surface area contributed by atoms with Crippen molar-refractivity contribution in [1.29, 1.82) is 0 Å². The Morgan fingerprint density at radius 3 is 2.75 bits per heavy atom. The molecule has 0 bridgehead atoms. The fourth-order valence-corrected chi connectivity index (χ4v) is 1.73. The number of hydrogen-bond acceptors (Lipinski definition) is 4. The van der Waals surface area contributed by atoms with E-state index in [1.807, 2.05) is 23.0 Å². The zero-order chi connectivity index (χ0) is 14.5. The van der Waals surface area contributed by atoms with Gasteiger partial charge in [0, 0.05) is 30.4 Å².